The van der Waals surface area contributed by atoms with E-state index in [0.29, 0.717) is 23.7 Å². The zero-order chi connectivity index (χ0) is 26.6. The molecule has 0 bridgehead atoms. The fourth-order valence-electron chi connectivity index (χ4n) is 8.87. The Labute approximate surface area is 231 Å². The highest BCUT2D eigenvalue weighted by atomic mass is 14.4. The molecule has 2 aliphatic rings. The quantitative estimate of drug-likeness (QED) is 0.191. The van der Waals surface area contributed by atoms with Gasteiger partial charge >= 0.3 is 0 Å². The van der Waals surface area contributed by atoms with Gasteiger partial charge in [0.15, 0.2) is 0 Å². The Morgan fingerprint density at radius 1 is 0.526 bits per heavy atom. The van der Waals surface area contributed by atoms with Crippen LogP contribution in [0.2, 0.25) is 0 Å². The Morgan fingerprint density at radius 2 is 1.03 bits per heavy atom. The topological polar surface area (TPSA) is 0 Å². The smallest absolute Gasteiger partial charge is 0.00611 e. The molecular weight excluding hydrogens is 456 g/mol. The molecule has 0 nitrogen and oxygen atoms in total. The summed E-state index contributed by atoms with van der Waals surface area (Å²) in [6, 6.07) is 23.8. The molecule has 0 aliphatic heterocycles. The monoisotopic (exact) mass is 504 g/mol. The molecule has 2 saturated carbocycles. The molecule has 6 rings (SSSR count). The number of hydrogen-bond acceptors (Lipinski definition) is 0. The molecule has 0 heterocycles. The van der Waals surface area contributed by atoms with Crippen molar-refractivity contribution in [1.29, 1.82) is 0 Å². The summed E-state index contributed by atoms with van der Waals surface area (Å²) >= 11 is 0. The zero-order valence-electron chi connectivity index (χ0n) is 24.6. The summed E-state index contributed by atoms with van der Waals surface area (Å²) in [7, 11) is 0. The van der Waals surface area contributed by atoms with E-state index in [4.69, 9.17) is 0 Å². The van der Waals surface area contributed by atoms with E-state index in [1.54, 1.807) is 32.7 Å². The molecule has 0 N–H and O–H groups in total. The molecule has 200 valence electrons. The molecular formula is C38H48. The standard InChI is InChI=1S/C38H48/c1-23(2)28-18-15-25(5)21-34(28)36-31-13-9-10-14-32(31)38(35-22-26(6)16-19-29(35)24(3)4)37-30-12-8-7-11-27(30)17-20-33(36)37/h7-14,17,20,23-26,28-29,34-35H,15-16,18-19,21-22H2,1-6H3. The molecule has 38 heavy (non-hydrogen) atoms. The lowest BCUT2D eigenvalue weighted by molar-refractivity contribution is 0.198. The third kappa shape index (κ3) is 4.37. The van der Waals surface area contributed by atoms with E-state index in [9.17, 15) is 0 Å². The van der Waals surface area contributed by atoms with Gasteiger partial charge in [0.25, 0.3) is 0 Å². The van der Waals surface area contributed by atoms with Crippen molar-refractivity contribution < 1.29 is 0 Å². The van der Waals surface area contributed by atoms with Crippen LogP contribution in [0.25, 0.3) is 32.3 Å². The molecule has 2 fully saturated rings. The Morgan fingerprint density at radius 3 is 1.61 bits per heavy atom. The average Bonchev–Trinajstić information content (AvgIpc) is 2.91. The van der Waals surface area contributed by atoms with Crippen molar-refractivity contribution in [2.45, 2.75) is 91.9 Å². The lowest BCUT2D eigenvalue weighted by Crippen LogP contribution is -2.28. The van der Waals surface area contributed by atoms with Crippen LogP contribution in [0, 0.1) is 35.5 Å². The molecule has 4 aromatic rings. The van der Waals surface area contributed by atoms with Crippen LogP contribution in [-0.2, 0) is 0 Å². The maximum atomic E-state index is 2.52. The van der Waals surface area contributed by atoms with Gasteiger partial charge in [0.2, 0.25) is 0 Å². The van der Waals surface area contributed by atoms with E-state index in [1.165, 1.54) is 49.3 Å². The van der Waals surface area contributed by atoms with Gasteiger partial charge < -0.3 is 0 Å². The van der Waals surface area contributed by atoms with Crippen molar-refractivity contribution in [2.75, 3.05) is 0 Å². The highest BCUT2D eigenvalue weighted by Gasteiger charge is 2.37. The van der Waals surface area contributed by atoms with Gasteiger partial charge in [-0.2, -0.15) is 0 Å². The van der Waals surface area contributed by atoms with E-state index in [1.807, 2.05) is 0 Å². The van der Waals surface area contributed by atoms with Crippen LogP contribution in [0.3, 0.4) is 0 Å². The normalized spacial score (nSPS) is 28.6. The maximum absolute atomic E-state index is 2.52. The van der Waals surface area contributed by atoms with Gasteiger partial charge in [-0.05, 0) is 116 Å². The number of benzene rings is 4. The fourth-order valence-corrected chi connectivity index (χ4v) is 8.87. The highest BCUT2D eigenvalue weighted by Crippen LogP contribution is 2.54. The van der Waals surface area contributed by atoms with E-state index in [2.05, 4.69) is 102 Å². The molecule has 0 amide bonds. The highest BCUT2D eigenvalue weighted by molar-refractivity contribution is 6.17. The number of rotatable bonds is 4. The molecule has 4 aromatic carbocycles. The Kier molecular flexibility index (Phi) is 7.04. The van der Waals surface area contributed by atoms with Crippen LogP contribution in [-0.4, -0.2) is 0 Å². The minimum Gasteiger partial charge on any atom is -0.0625 e. The van der Waals surface area contributed by atoms with Crippen LogP contribution >= 0.6 is 0 Å². The van der Waals surface area contributed by atoms with Crippen LogP contribution in [0.15, 0.2) is 60.7 Å². The second-order valence-electron chi connectivity index (χ2n) is 13.9. The third-order valence-electron chi connectivity index (χ3n) is 10.8. The molecule has 6 unspecified atom stereocenters. The SMILES string of the molecule is CC1CCC(C(C)C)C(c2c3ccccc3c(C3CC(C)CCC3C(C)C)c3c2ccc2ccccc23)C1. The van der Waals surface area contributed by atoms with Crippen molar-refractivity contribution >= 4 is 32.3 Å². The summed E-state index contributed by atoms with van der Waals surface area (Å²) in [5.74, 6) is 5.78. The van der Waals surface area contributed by atoms with Gasteiger partial charge in [0.1, 0.15) is 0 Å². The molecule has 0 saturated heterocycles. The van der Waals surface area contributed by atoms with E-state index < -0.39 is 0 Å². The third-order valence-corrected chi connectivity index (χ3v) is 10.8. The fraction of sp³-hybridized carbons (Fsp3) is 0.526. The average molecular weight is 505 g/mol. The first-order chi connectivity index (χ1) is 18.3. The van der Waals surface area contributed by atoms with Gasteiger partial charge in [0.05, 0.1) is 0 Å². The van der Waals surface area contributed by atoms with Gasteiger partial charge in [-0.15, -0.1) is 0 Å². The molecule has 6 atom stereocenters. The Bertz CT molecular complexity index is 1440. The lowest BCUT2D eigenvalue weighted by atomic mass is 9.63. The predicted octanol–water partition coefficient (Wildman–Crippen LogP) is 11.5. The van der Waals surface area contributed by atoms with Gasteiger partial charge in [-0.25, -0.2) is 0 Å². The zero-order valence-corrected chi connectivity index (χ0v) is 24.6. The molecule has 0 radical (unpaired) electrons. The summed E-state index contributed by atoms with van der Waals surface area (Å²) in [5.41, 5.74) is 3.34. The Hall–Kier alpha value is -2.34. The summed E-state index contributed by atoms with van der Waals surface area (Å²) in [6.45, 7) is 14.9. The van der Waals surface area contributed by atoms with Crippen molar-refractivity contribution in [2.24, 2.45) is 35.5 Å². The van der Waals surface area contributed by atoms with Crippen LogP contribution < -0.4 is 0 Å². The van der Waals surface area contributed by atoms with Crippen LogP contribution in [0.4, 0.5) is 0 Å². The van der Waals surface area contributed by atoms with Gasteiger partial charge in [0, 0.05) is 0 Å². The summed E-state index contributed by atoms with van der Waals surface area (Å²) in [6.07, 6.45) is 8.13. The van der Waals surface area contributed by atoms with Crippen molar-refractivity contribution in [1.82, 2.24) is 0 Å². The molecule has 0 heteroatoms. The minimum absolute atomic E-state index is 0.622. The largest absolute Gasteiger partial charge is 0.0625 e. The van der Waals surface area contributed by atoms with E-state index in [0.717, 1.165) is 23.7 Å². The summed E-state index contributed by atoms with van der Waals surface area (Å²) in [4.78, 5) is 0. The van der Waals surface area contributed by atoms with Gasteiger partial charge in [-0.3, -0.25) is 0 Å². The van der Waals surface area contributed by atoms with Crippen LogP contribution in [0.5, 0.6) is 0 Å². The summed E-state index contributed by atoms with van der Waals surface area (Å²) < 4.78 is 0. The predicted molar refractivity (Wildman–Crippen MR) is 167 cm³/mol. The first-order valence-corrected chi connectivity index (χ1v) is 15.7. The van der Waals surface area contributed by atoms with Crippen molar-refractivity contribution in [3.05, 3.63) is 71.8 Å². The maximum Gasteiger partial charge on any atom is -0.00611 e. The van der Waals surface area contributed by atoms with Crippen LogP contribution in [0.1, 0.15) is 103 Å². The minimum atomic E-state index is 0.622. The molecule has 2 aliphatic carbocycles. The van der Waals surface area contributed by atoms with E-state index in [-0.39, 0.29) is 0 Å². The van der Waals surface area contributed by atoms with Crippen molar-refractivity contribution in [3.63, 3.8) is 0 Å². The lowest BCUT2D eigenvalue weighted by Gasteiger charge is -2.41. The second-order valence-corrected chi connectivity index (χ2v) is 13.9. The molecule has 0 aromatic heterocycles. The Balaban J connectivity index is 1.75. The summed E-state index contributed by atoms with van der Waals surface area (Å²) in [5, 5.41) is 9.11. The second kappa shape index (κ2) is 10.3. The first-order valence-electron chi connectivity index (χ1n) is 15.7. The first kappa shape index (κ1) is 25.9. The molecule has 0 spiro atoms. The van der Waals surface area contributed by atoms with Gasteiger partial charge in [-0.1, -0.05) is 115 Å². The number of hydrogen-bond donors (Lipinski definition) is 0. The van der Waals surface area contributed by atoms with Crippen molar-refractivity contribution in [3.8, 4) is 0 Å². The number of fused-ring (bicyclic) bond motifs is 4. The van der Waals surface area contributed by atoms with E-state index >= 15 is 0 Å².